The number of para-hydroxylation sites is 1. The molecule has 0 fully saturated rings. The van der Waals surface area contributed by atoms with E-state index in [9.17, 15) is 0 Å². The average Bonchev–Trinajstić information content (AvgIpc) is 2.92. The van der Waals surface area contributed by atoms with Crippen LogP contribution >= 0.6 is 51.7 Å². The molecule has 1 aliphatic rings. The van der Waals surface area contributed by atoms with Gasteiger partial charge in [0.15, 0.2) is 0 Å². The molecular weight excluding hydrogens is 511 g/mol. The Balaban J connectivity index is 0.00000272. The van der Waals surface area contributed by atoms with Crippen LogP contribution in [0, 0.1) is 0 Å². The third-order valence-electron chi connectivity index (χ3n) is 5.01. The molecule has 31 heavy (non-hydrogen) atoms. The fourth-order valence-electron chi connectivity index (χ4n) is 3.37. The van der Waals surface area contributed by atoms with Crippen molar-refractivity contribution in [1.82, 2.24) is 0 Å². The number of thioether (sulfide) groups is 1. The first-order valence-corrected chi connectivity index (χ1v) is 12.0. The highest BCUT2D eigenvalue weighted by Crippen LogP contribution is 2.31. The minimum atomic E-state index is 0. The zero-order valence-electron chi connectivity index (χ0n) is 17.1. The Kier molecular flexibility index (Phi) is 8.67. The van der Waals surface area contributed by atoms with Crippen molar-refractivity contribution in [3.05, 3.63) is 99.0 Å². The van der Waals surface area contributed by atoms with Crippen molar-refractivity contribution < 1.29 is 0 Å². The minimum Gasteiger partial charge on any atom is -0.372 e. The van der Waals surface area contributed by atoms with Crippen LogP contribution in [-0.2, 0) is 5.75 Å². The molecule has 0 spiro atoms. The molecule has 0 saturated carbocycles. The van der Waals surface area contributed by atoms with Crippen LogP contribution in [0.2, 0.25) is 5.02 Å². The summed E-state index contributed by atoms with van der Waals surface area (Å²) in [5.74, 6) is 0.892. The molecule has 0 bridgehead atoms. The lowest BCUT2D eigenvalue weighted by molar-refractivity contribution is 0.897. The van der Waals surface area contributed by atoms with E-state index < -0.39 is 0 Å². The standard InChI is InChI=1S/C25H22BrClN2S.ClH/c1-29-15-14-28-23(22-4-2-3-5-24(22)29)13-9-19-8-10-20(26)16-25(19)30-17-18-6-11-21(27)12-7-18;/h2-13,16H,14-15,17H2,1H3;1H/b13-9+;. The highest BCUT2D eigenvalue weighted by atomic mass is 79.9. The van der Waals surface area contributed by atoms with Crippen molar-refractivity contribution >= 4 is 69.2 Å². The quantitative estimate of drug-likeness (QED) is 0.311. The predicted octanol–water partition coefficient (Wildman–Crippen LogP) is 7.77. The van der Waals surface area contributed by atoms with Crippen LogP contribution in [0.25, 0.3) is 6.08 Å². The van der Waals surface area contributed by atoms with Gasteiger partial charge in [-0.05, 0) is 47.5 Å². The number of benzodiazepines with no additional fused rings is 1. The van der Waals surface area contributed by atoms with Gasteiger partial charge in [-0.1, -0.05) is 70.0 Å². The number of nitrogens with zero attached hydrogens (tertiary/aromatic N) is 2. The molecule has 0 amide bonds. The van der Waals surface area contributed by atoms with Gasteiger partial charge in [-0.2, -0.15) is 0 Å². The van der Waals surface area contributed by atoms with Gasteiger partial charge in [0.2, 0.25) is 0 Å². The minimum absolute atomic E-state index is 0. The van der Waals surface area contributed by atoms with E-state index in [1.165, 1.54) is 27.3 Å². The molecule has 0 saturated heterocycles. The van der Waals surface area contributed by atoms with E-state index in [-0.39, 0.29) is 12.4 Å². The summed E-state index contributed by atoms with van der Waals surface area (Å²) < 4.78 is 1.08. The number of aliphatic imine (C=N–C) groups is 1. The van der Waals surface area contributed by atoms with Crippen molar-refractivity contribution in [2.45, 2.75) is 10.6 Å². The number of likely N-dealkylation sites (N-methyl/N-ethyl adjacent to an activating group) is 1. The second-order valence-corrected chi connectivity index (χ2v) is 9.51. The number of allylic oxidation sites excluding steroid dienone is 1. The van der Waals surface area contributed by atoms with Crippen molar-refractivity contribution in [2.75, 3.05) is 25.0 Å². The van der Waals surface area contributed by atoms with Crippen LogP contribution in [0.4, 0.5) is 5.69 Å². The second kappa shape index (κ2) is 11.2. The summed E-state index contributed by atoms with van der Waals surface area (Å²) in [4.78, 5) is 8.34. The SMILES string of the molecule is CN1CCN=C(/C=C/c2ccc(Br)cc2SCc2ccc(Cl)cc2)c2ccccc21.Cl. The molecule has 4 rings (SSSR count). The van der Waals surface area contributed by atoms with Crippen molar-refractivity contribution in [1.29, 1.82) is 0 Å². The highest BCUT2D eigenvalue weighted by molar-refractivity contribution is 9.10. The van der Waals surface area contributed by atoms with Gasteiger partial charge in [-0.25, -0.2) is 0 Å². The molecule has 6 heteroatoms. The van der Waals surface area contributed by atoms with E-state index in [2.05, 4.69) is 94.6 Å². The monoisotopic (exact) mass is 532 g/mol. The Morgan fingerprint density at radius 2 is 1.84 bits per heavy atom. The van der Waals surface area contributed by atoms with Crippen LogP contribution in [-0.4, -0.2) is 25.8 Å². The summed E-state index contributed by atoms with van der Waals surface area (Å²) >= 11 is 11.4. The van der Waals surface area contributed by atoms with Crippen molar-refractivity contribution in [3.63, 3.8) is 0 Å². The molecule has 0 N–H and O–H groups in total. The maximum absolute atomic E-state index is 6.01. The van der Waals surface area contributed by atoms with Crippen LogP contribution in [0.15, 0.2) is 87.2 Å². The maximum Gasteiger partial charge on any atom is 0.0668 e. The van der Waals surface area contributed by atoms with Crippen molar-refractivity contribution in [2.24, 2.45) is 4.99 Å². The summed E-state index contributed by atoms with van der Waals surface area (Å²) in [6.45, 7) is 1.72. The number of rotatable bonds is 5. The Labute approximate surface area is 208 Å². The number of benzene rings is 3. The van der Waals surface area contributed by atoms with Gasteiger partial charge in [-0.15, -0.1) is 24.2 Å². The van der Waals surface area contributed by atoms with Gasteiger partial charge in [0.05, 0.1) is 12.3 Å². The first-order valence-electron chi connectivity index (χ1n) is 9.80. The Morgan fingerprint density at radius 1 is 1.06 bits per heavy atom. The molecule has 0 aromatic heterocycles. The van der Waals surface area contributed by atoms with Crippen LogP contribution < -0.4 is 4.90 Å². The third kappa shape index (κ3) is 6.17. The maximum atomic E-state index is 6.01. The molecule has 3 aromatic rings. The Hall–Kier alpha value is -1.72. The van der Waals surface area contributed by atoms with Gasteiger partial charge in [0, 0.05) is 45.0 Å². The first-order chi connectivity index (χ1) is 14.6. The number of anilines is 1. The fraction of sp³-hybridized carbons (Fsp3) is 0.160. The summed E-state index contributed by atoms with van der Waals surface area (Å²) in [6.07, 6.45) is 4.32. The van der Waals surface area contributed by atoms with Crippen LogP contribution in [0.1, 0.15) is 16.7 Å². The van der Waals surface area contributed by atoms with Crippen LogP contribution in [0.5, 0.6) is 0 Å². The molecule has 1 heterocycles. The largest absolute Gasteiger partial charge is 0.372 e. The fourth-order valence-corrected chi connectivity index (χ4v) is 5.04. The molecule has 160 valence electrons. The molecule has 2 nitrogen and oxygen atoms in total. The topological polar surface area (TPSA) is 15.6 Å². The number of hydrogen-bond donors (Lipinski definition) is 0. The summed E-state index contributed by atoms with van der Waals surface area (Å²) in [5.41, 5.74) is 5.89. The highest BCUT2D eigenvalue weighted by Gasteiger charge is 2.14. The molecule has 0 atom stereocenters. The van der Waals surface area contributed by atoms with E-state index in [1.54, 1.807) is 0 Å². The summed E-state index contributed by atoms with van der Waals surface area (Å²) in [5, 5.41) is 0.768. The van der Waals surface area contributed by atoms with Gasteiger partial charge >= 0.3 is 0 Å². The molecular formula is C25H23BrCl2N2S. The lowest BCUT2D eigenvalue weighted by Gasteiger charge is -2.18. The van der Waals surface area contributed by atoms with Crippen LogP contribution in [0.3, 0.4) is 0 Å². The van der Waals surface area contributed by atoms with E-state index in [0.29, 0.717) is 0 Å². The lowest BCUT2D eigenvalue weighted by atomic mass is 10.1. The molecule has 0 unspecified atom stereocenters. The molecule has 0 radical (unpaired) electrons. The van der Waals surface area contributed by atoms with Gasteiger partial charge in [0.25, 0.3) is 0 Å². The van der Waals surface area contributed by atoms with E-state index >= 15 is 0 Å². The zero-order chi connectivity index (χ0) is 20.9. The second-order valence-electron chi connectivity index (χ2n) is 7.14. The molecule has 0 aliphatic carbocycles. The summed E-state index contributed by atoms with van der Waals surface area (Å²) in [7, 11) is 2.13. The van der Waals surface area contributed by atoms with E-state index in [4.69, 9.17) is 16.6 Å². The molecule has 1 aliphatic heterocycles. The normalized spacial score (nSPS) is 13.4. The smallest absolute Gasteiger partial charge is 0.0668 e. The first kappa shape index (κ1) is 23.9. The Morgan fingerprint density at radius 3 is 2.65 bits per heavy atom. The van der Waals surface area contributed by atoms with E-state index in [0.717, 1.165) is 34.0 Å². The Bertz CT molecular complexity index is 1100. The van der Waals surface area contributed by atoms with Crippen molar-refractivity contribution in [3.8, 4) is 0 Å². The number of fused-ring (bicyclic) bond motifs is 1. The third-order valence-corrected chi connectivity index (χ3v) is 6.90. The number of halogens is 3. The van der Waals surface area contributed by atoms with Gasteiger partial charge in [-0.3, -0.25) is 4.99 Å². The average molecular weight is 534 g/mol. The van der Waals surface area contributed by atoms with Gasteiger partial charge < -0.3 is 4.90 Å². The van der Waals surface area contributed by atoms with Gasteiger partial charge in [0.1, 0.15) is 0 Å². The zero-order valence-corrected chi connectivity index (χ0v) is 21.1. The molecule has 3 aromatic carbocycles. The number of hydrogen-bond acceptors (Lipinski definition) is 3. The van der Waals surface area contributed by atoms with E-state index in [1.807, 2.05) is 23.9 Å². The predicted molar refractivity (Wildman–Crippen MR) is 143 cm³/mol. The summed E-state index contributed by atoms with van der Waals surface area (Å²) in [6, 6.07) is 22.9. The lowest BCUT2D eigenvalue weighted by Crippen LogP contribution is -2.20.